The van der Waals surface area contributed by atoms with Crippen molar-refractivity contribution in [1.82, 2.24) is 4.98 Å². The molecule has 270 valence electrons. The summed E-state index contributed by atoms with van der Waals surface area (Å²) in [5.74, 6) is 0. The van der Waals surface area contributed by atoms with Crippen LogP contribution in [0.1, 0.15) is 0 Å². The largest absolute Gasteiger partial charge is 0.248 e. The van der Waals surface area contributed by atoms with Crippen LogP contribution in [0.2, 0.25) is 0 Å². The van der Waals surface area contributed by atoms with Crippen LogP contribution in [-0.2, 0) is 0 Å². The van der Waals surface area contributed by atoms with Gasteiger partial charge in [0.05, 0.1) is 11.2 Å². The van der Waals surface area contributed by atoms with Crippen LogP contribution in [0.5, 0.6) is 0 Å². The van der Waals surface area contributed by atoms with Crippen molar-refractivity contribution >= 4 is 43.2 Å². The van der Waals surface area contributed by atoms with Crippen molar-refractivity contribution in [2.45, 2.75) is 0 Å². The van der Waals surface area contributed by atoms with E-state index in [4.69, 9.17) is 4.98 Å². The van der Waals surface area contributed by atoms with Crippen LogP contribution in [-0.4, -0.2) is 4.98 Å². The quantitative estimate of drug-likeness (QED) is 0.122. The van der Waals surface area contributed by atoms with Gasteiger partial charge >= 0.3 is 0 Å². The van der Waals surface area contributed by atoms with E-state index in [1.54, 1.807) is 0 Å². The molecule has 0 spiro atoms. The molecule has 0 aliphatic carbocycles. The molecule has 1 aromatic heterocycles. The summed E-state index contributed by atoms with van der Waals surface area (Å²) in [7, 11) is 0. The number of hydrogen-bond donors (Lipinski definition) is 0. The topological polar surface area (TPSA) is 12.9 Å². The highest BCUT2D eigenvalue weighted by molar-refractivity contribution is 6.22. The first-order valence-corrected chi connectivity index (χ1v) is 20.0. The third kappa shape index (κ3) is 5.84. The Bertz CT molecular complexity index is 3290. The van der Waals surface area contributed by atoms with Gasteiger partial charge in [0, 0.05) is 10.9 Å². The molecule has 0 aliphatic rings. The lowest BCUT2D eigenvalue weighted by Crippen LogP contribution is -1.92. The molecule has 1 heterocycles. The Morgan fingerprint density at radius 1 is 0.259 bits per heavy atom. The fourth-order valence-electron chi connectivity index (χ4n) is 8.90. The monoisotopic (exact) mass is 735 g/mol. The summed E-state index contributed by atoms with van der Waals surface area (Å²) < 4.78 is 0. The third-order valence-electron chi connectivity index (χ3n) is 11.6. The molecule has 1 nitrogen and oxygen atoms in total. The predicted molar refractivity (Wildman–Crippen MR) is 247 cm³/mol. The Labute approximate surface area is 338 Å². The van der Waals surface area contributed by atoms with Gasteiger partial charge in [-0.2, -0.15) is 0 Å². The maximum Gasteiger partial charge on any atom is 0.0722 e. The molecule has 58 heavy (non-hydrogen) atoms. The standard InChI is InChI=1S/C57H37N/c1-4-16-41(17-5-1)54-37-51(57-47-24-11-10-15-40(47)32-34-53(57)58-54)46-23-14-22-44(35-46)38-27-29-39(30-28-38)45-31-33-50-52(36-45)56(43-20-8-3-9-21-43)49-26-13-12-25-48(49)55(50)42-18-6-2-7-19-42/h1-37H. The summed E-state index contributed by atoms with van der Waals surface area (Å²) in [6.07, 6.45) is 0. The predicted octanol–water partition coefficient (Wildman–Crippen LogP) is 15.7. The van der Waals surface area contributed by atoms with Gasteiger partial charge in [-0.3, -0.25) is 0 Å². The lowest BCUT2D eigenvalue weighted by atomic mass is 9.85. The van der Waals surface area contributed by atoms with Crippen LogP contribution in [0.3, 0.4) is 0 Å². The Balaban J connectivity index is 1.03. The van der Waals surface area contributed by atoms with E-state index in [1.807, 2.05) is 0 Å². The molecule has 1 heteroatoms. The van der Waals surface area contributed by atoms with Crippen molar-refractivity contribution in [2.75, 3.05) is 0 Å². The lowest BCUT2D eigenvalue weighted by Gasteiger charge is -2.18. The zero-order valence-corrected chi connectivity index (χ0v) is 31.8. The third-order valence-corrected chi connectivity index (χ3v) is 11.6. The molecule has 0 radical (unpaired) electrons. The van der Waals surface area contributed by atoms with Gasteiger partial charge in [0.2, 0.25) is 0 Å². The fourth-order valence-corrected chi connectivity index (χ4v) is 8.90. The number of hydrogen-bond acceptors (Lipinski definition) is 1. The minimum absolute atomic E-state index is 0.975. The molecule has 11 rings (SSSR count). The van der Waals surface area contributed by atoms with E-state index in [-0.39, 0.29) is 0 Å². The molecule has 0 bridgehead atoms. The van der Waals surface area contributed by atoms with E-state index in [1.165, 1.54) is 93.3 Å². The van der Waals surface area contributed by atoms with Crippen molar-refractivity contribution in [3.63, 3.8) is 0 Å². The summed E-state index contributed by atoms with van der Waals surface area (Å²) in [5.41, 5.74) is 15.2. The van der Waals surface area contributed by atoms with Crippen LogP contribution in [0.4, 0.5) is 0 Å². The number of benzene rings is 10. The first kappa shape index (κ1) is 33.7. The van der Waals surface area contributed by atoms with Crippen molar-refractivity contribution < 1.29 is 0 Å². The first-order chi connectivity index (χ1) is 28.8. The van der Waals surface area contributed by atoms with Crippen molar-refractivity contribution in [2.24, 2.45) is 0 Å². The van der Waals surface area contributed by atoms with Crippen molar-refractivity contribution in [1.29, 1.82) is 0 Å². The smallest absolute Gasteiger partial charge is 0.0722 e. The van der Waals surface area contributed by atoms with Crippen molar-refractivity contribution in [3.05, 3.63) is 224 Å². The van der Waals surface area contributed by atoms with Gasteiger partial charge in [-0.1, -0.05) is 200 Å². The Morgan fingerprint density at radius 3 is 1.40 bits per heavy atom. The first-order valence-electron chi connectivity index (χ1n) is 20.0. The fraction of sp³-hybridized carbons (Fsp3) is 0. The highest BCUT2D eigenvalue weighted by Gasteiger charge is 2.18. The Hall–Kier alpha value is -7.61. The van der Waals surface area contributed by atoms with Crippen LogP contribution >= 0.6 is 0 Å². The number of fused-ring (bicyclic) bond motifs is 5. The van der Waals surface area contributed by atoms with E-state index in [9.17, 15) is 0 Å². The molecule has 0 atom stereocenters. The molecule has 0 saturated heterocycles. The highest BCUT2D eigenvalue weighted by Crippen LogP contribution is 2.45. The van der Waals surface area contributed by atoms with Crippen LogP contribution in [0, 0.1) is 0 Å². The maximum absolute atomic E-state index is 5.18. The second-order valence-corrected chi connectivity index (χ2v) is 15.0. The molecule has 0 N–H and O–H groups in total. The molecule has 10 aromatic carbocycles. The van der Waals surface area contributed by atoms with Gasteiger partial charge in [-0.25, -0.2) is 4.98 Å². The van der Waals surface area contributed by atoms with Crippen LogP contribution in [0.25, 0.3) is 110 Å². The summed E-state index contributed by atoms with van der Waals surface area (Å²) in [6, 6.07) is 81.3. The second kappa shape index (κ2) is 14.2. The van der Waals surface area contributed by atoms with E-state index in [0.717, 1.165) is 16.8 Å². The molecule has 11 aromatic rings. The average molecular weight is 736 g/mol. The van der Waals surface area contributed by atoms with Gasteiger partial charge in [0.15, 0.2) is 0 Å². The van der Waals surface area contributed by atoms with Gasteiger partial charge in [0.25, 0.3) is 0 Å². The maximum atomic E-state index is 5.18. The summed E-state index contributed by atoms with van der Waals surface area (Å²) in [5, 5.41) is 8.65. The van der Waals surface area contributed by atoms with Crippen LogP contribution in [0.15, 0.2) is 224 Å². The second-order valence-electron chi connectivity index (χ2n) is 15.0. The minimum atomic E-state index is 0.975. The normalized spacial score (nSPS) is 11.4. The van der Waals surface area contributed by atoms with Gasteiger partial charge in [-0.15, -0.1) is 0 Å². The summed E-state index contributed by atoms with van der Waals surface area (Å²) in [6.45, 7) is 0. The molecule has 0 aliphatic heterocycles. The van der Waals surface area contributed by atoms with E-state index in [0.29, 0.717) is 0 Å². The van der Waals surface area contributed by atoms with Gasteiger partial charge in [-0.05, 0) is 112 Å². The highest BCUT2D eigenvalue weighted by atomic mass is 14.7. The van der Waals surface area contributed by atoms with E-state index in [2.05, 4.69) is 224 Å². The average Bonchev–Trinajstić information content (AvgIpc) is 3.31. The van der Waals surface area contributed by atoms with Gasteiger partial charge in [0.1, 0.15) is 0 Å². The van der Waals surface area contributed by atoms with Crippen molar-refractivity contribution in [3.8, 4) is 66.9 Å². The van der Waals surface area contributed by atoms with Gasteiger partial charge < -0.3 is 0 Å². The molecule has 0 amide bonds. The van der Waals surface area contributed by atoms with E-state index < -0.39 is 0 Å². The molecule has 0 fully saturated rings. The zero-order chi connectivity index (χ0) is 38.4. The SMILES string of the molecule is c1ccc(-c2cc(-c3cccc(-c4ccc(-c5ccc6c(-c7ccccc7)c7ccccc7c(-c7ccccc7)c6c5)cc4)c3)c3c(ccc4ccccc43)n2)cc1. The molecule has 0 saturated carbocycles. The van der Waals surface area contributed by atoms with Crippen LogP contribution < -0.4 is 0 Å². The number of nitrogens with zero attached hydrogens (tertiary/aromatic N) is 1. The molecule has 0 unspecified atom stereocenters. The number of rotatable bonds is 6. The summed E-state index contributed by atoms with van der Waals surface area (Å²) >= 11 is 0. The molecular formula is C57H37N. The Kier molecular flexibility index (Phi) is 8.23. The lowest BCUT2D eigenvalue weighted by molar-refractivity contribution is 1.40. The summed E-state index contributed by atoms with van der Waals surface area (Å²) in [4.78, 5) is 5.18. The van der Waals surface area contributed by atoms with E-state index >= 15 is 0 Å². The Morgan fingerprint density at radius 2 is 0.741 bits per heavy atom. The minimum Gasteiger partial charge on any atom is -0.248 e. The molecular weight excluding hydrogens is 699 g/mol. The zero-order valence-electron chi connectivity index (χ0n) is 31.8. The number of aromatic nitrogens is 1. The number of pyridine rings is 1.